The normalized spacial score (nSPS) is 18.7. The van der Waals surface area contributed by atoms with E-state index in [4.69, 9.17) is 21.3 Å². The van der Waals surface area contributed by atoms with Crippen LogP contribution in [0.3, 0.4) is 0 Å². The average molecular weight is 634 g/mol. The summed E-state index contributed by atoms with van der Waals surface area (Å²) in [5.41, 5.74) is 5.37. The summed E-state index contributed by atoms with van der Waals surface area (Å²) in [6.45, 7) is 10.9. The van der Waals surface area contributed by atoms with Crippen LogP contribution in [0.25, 0.3) is 0 Å². The third-order valence-electron chi connectivity index (χ3n) is 9.32. The first-order chi connectivity index (χ1) is 21.6. The summed E-state index contributed by atoms with van der Waals surface area (Å²) in [5.74, 6) is 1.46. The number of nitrogens with zero attached hydrogens (tertiary/aromatic N) is 7. The first-order valence-corrected chi connectivity index (χ1v) is 16.1. The van der Waals surface area contributed by atoms with E-state index in [-0.39, 0.29) is 5.91 Å². The van der Waals surface area contributed by atoms with E-state index in [2.05, 4.69) is 75.3 Å². The van der Waals surface area contributed by atoms with Crippen LogP contribution < -0.4 is 25.2 Å². The maximum absolute atomic E-state index is 13.4. The zero-order valence-electron chi connectivity index (χ0n) is 27.1. The Kier molecular flexibility index (Phi) is 8.94. The number of carbonyl (C=O) groups excluding carboxylic acids is 1. The number of ether oxygens (including phenoxy) is 1. The summed E-state index contributed by atoms with van der Waals surface area (Å²) in [5, 5.41) is 7.00. The molecule has 0 saturated carbocycles. The van der Waals surface area contributed by atoms with Gasteiger partial charge in [-0.2, -0.15) is 4.98 Å². The van der Waals surface area contributed by atoms with E-state index in [1.54, 1.807) is 18.2 Å². The number of amides is 1. The van der Waals surface area contributed by atoms with Gasteiger partial charge >= 0.3 is 0 Å². The molecule has 12 heteroatoms. The number of hydrogen-bond acceptors (Lipinski definition) is 10. The third kappa shape index (κ3) is 6.34. The second kappa shape index (κ2) is 12.9. The molecule has 1 aromatic heterocycles. The number of carbonyl (C=O) groups is 1. The largest absolute Gasteiger partial charge is 0.494 e. The minimum absolute atomic E-state index is 0.0153. The average Bonchev–Trinajstić information content (AvgIpc) is 3.64. The summed E-state index contributed by atoms with van der Waals surface area (Å²) in [4.78, 5) is 33.8. The SMILES string of the molecule is COc1cc(N2CC[C@H](N(C)C)C2)ccc1Nc1ncc(Cl)c(Nc2ccc(N3CCN(C(C)C)CC3)c3c2C(=O)N(C)C3)n1. The lowest BCUT2D eigenvalue weighted by atomic mass is 10.0. The van der Waals surface area contributed by atoms with Gasteiger partial charge in [-0.25, -0.2) is 4.98 Å². The van der Waals surface area contributed by atoms with Crippen molar-refractivity contribution in [2.75, 3.05) is 88.0 Å². The van der Waals surface area contributed by atoms with Crippen LogP contribution in [0, 0.1) is 0 Å². The second-order valence-electron chi connectivity index (χ2n) is 12.6. The summed E-state index contributed by atoms with van der Waals surface area (Å²) >= 11 is 6.59. The molecule has 0 unspecified atom stereocenters. The van der Waals surface area contributed by atoms with Gasteiger partial charge in [0.2, 0.25) is 5.95 Å². The molecule has 2 fully saturated rings. The van der Waals surface area contributed by atoms with Gasteiger partial charge in [0.05, 0.1) is 30.2 Å². The maximum Gasteiger partial charge on any atom is 0.256 e. The van der Waals surface area contributed by atoms with E-state index in [0.29, 0.717) is 52.4 Å². The standard InChI is InChI=1S/C33H44ClN9O2/c1-21(2)41-13-15-42(16-14-41)28-10-9-27(30-24(28)20-40(5)32(30)44)36-31-25(34)18-35-33(38-31)37-26-8-7-22(17-29(26)45-6)43-12-11-23(19-43)39(3)4/h7-10,17-18,21,23H,11-16,19-20H2,1-6H3,(H2,35,36,37,38)/t23-/m0/s1. The molecule has 0 spiro atoms. The molecule has 0 bridgehead atoms. The van der Waals surface area contributed by atoms with Crippen LogP contribution in [0.1, 0.15) is 36.2 Å². The number of likely N-dealkylation sites (N-methyl/N-ethyl adjacent to an activating group) is 1. The Labute approximate surface area is 271 Å². The van der Waals surface area contributed by atoms with E-state index in [1.165, 1.54) is 0 Å². The number of methoxy groups -OCH3 is 1. The molecular formula is C33H44ClN9O2. The fraction of sp³-hybridized carbons (Fsp3) is 0.485. The predicted molar refractivity (Wildman–Crippen MR) is 182 cm³/mol. The molecule has 1 amide bonds. The van der Waals surface area contributed by atoms with Gasteiger partial charge in [-0.1, -0.05) is 11.6 Å². The van der Waals surface area contributed by atoms with Crippen LogP contribution >= 0.6 is 11.6 Å². The molecule has 1 atom stereocenters. The lowest BCUT2D eigenvalue weighted by Gasteiger charge is -2.38. The van der Waals surface area contributed by atoms with Gasteiger partial charge in [0.15, 0.2) is 5.82 Å². The smallest absolute Gasteiger partial charge is 0.256 e. The van der Waals surface area contributed by atoms with Gasteiger partial charge in [-0.3, -0.25) is 9.69 Å². The molecule has 2 saturated heterocycles. The molecule has 6 rings (SSSR count). The van der Waals surface area contributed by atoms with Gasteiger partial charge in [0.25, 0.3) is 5.91 Å². The van der Waals surface area contributed by atoms with Crippen molar-refractivity contribution in [3.8, 4) is 5.75 Å². The fourth-order valence-electron chi connectivity index (χ4n) is 6.56. The topological polar surface area (TPSA) is 92.3 Å². The van der Waals surface area contributed by atoms with Crippen molar-refractivity contribution >= 4 is 52.0 Å². The predicted octanol–water partition coefficient (Wildman–Crippen LogP) is 4.88. The molecule has 0 aliphatic carbocycles. The Balaban J connectivity index is 1.22. The van der Waals surface area contributed by atoms with Crippen molar-refractivity contribution < 1.29 is 9.53 Å². The van der Waals surface area contributed by atoms with Gasteiger partial charge in [0.1, 0.15) is 10.8 Å². The van der Waals surface area contributed by atoms with Crippen molar-refractivity contribution in [2.45, 2.75) is 38.9 Å². The van der Waals surface area contributed by atoms with Crippen LogP contribution in [0.4, 0.5) is 34.5 Å². The molecule has 2 aromatic carbocycles. The van der Waals surface area contributed by atoms with Gasteiger partial charge in [-0.05, 0) is 58.6 Å². The van der Waals surface area contributed by atoms with Crippen LogP contribution in [0.5, 0.6) is 5.75 Å². The zero-order valence-corrected chi connectivity index (χ0v) is 27.9. The van der Waals surface area contributed by atoms with Crippen molar-refractivity contribution in [3.05, 3.63) is 52.7 Å². The number of nitrogens with one attached hydrogen (secondary N) is 2. The van der Waals surface area contributed by atoms with Gasteiger partial charge in [-0.15, -0.1) is 0 Å². The summed E-state index contributed by atoms with van der Waals surface area (Å²) in [7, 11) is 7.77. The fourth-order valence-corrected chi connectivity index (χ4v) is 6.70. The highest BCUT2D eigenvalue weighted by atomic mass is 35.5. The van der Waals surface area contributed by atoms with E-state index in [1.807, 2.05) is 25.2 Å². The Morgan fingerprint density at radius 1 is 1.02 bits per heavy atom. The van der Waals surface area contributed by atoms with Crippen molar-refractivity contribution in [3.63, 3.8) is 0 Å². The van der Waals surface area contributed by atoms with Crippen molar-refractivity contribution in [2.24, 2.45) is 0 Å². The molecule has 4 heterocycles. The molecule has 2 N–H and O–H groups in total. The molecule has 3 aliphatic heterocycles. The number of fused-ring (bicyclic) bond motifs is 1. The van der Waals surface area contributed by atoms with E-state index in [0.717, 1.165) is 68.3 Å². The number of hydrogen-bond donors (Lipinski definition) is 2. The monoisotopic (exact) mass is 633 g/mol. The van der Waals surface area contributed by atoms with Crippen LogP contribution in [0.15, 0.2) is 36.5 Å². The Morgan fingerprint density at radius 3 is 2.47 bits per heavy atom. The van der Waals surface area contributed by atoms with Gasteiger partial charge in [0, 0.05) is 87.9 Å². The summed E-state index contributed by atoms with van der Waals surface area (Å²) in [6.07, 6.45) is 2.69. The summed E-state index contributed by atoms with van der Waals surface area (Å²) in [6, 6.07) is 11.3. The van der Waals surface area contributed by atoms with E-state index in [9.17, 15) is 4.79 Å². The molecule has 240 valence electrons. The minimum Gasteiger partial charge on any atom is -0.494 e. The highest BCUT2D eigenvalue weighted by Gasteiger charge is 2.33. The van der Waals surface area contributed by atoms with Crippen LogP contribution in [0.2, 0.25) is 5.02 Å². The number of anilines is 6. The molecular weight excluding hydrogens is 590 g/mol. The quantitative estimate of drug-likeness (QED) is 0.340. The van der Waals surface area contributed by atoms with Gasteiger partial charge < -0.3 is 35.0 Å². The van der Waals surface area contributed by atoms with Crippen LogP contribution in [-0.4, -0.2) is 110 Å². The third-order valence-corrected chi connectivity index (χ3v) is 9.59. The number of piperazine rings is 1. The minimum atomic E-state index is -0.0153. The Hall–Kier alpha value is -3.80. The maximum atomic E-state index is 13.4. The highest BCUT2D eigenvalue weighted by Crippen LogP contribution is 2.39. The molecule has 11 nitrogen and oxygen atoms in total. The first-order valence-electron chi connectivity index (χ1n) is 15.7. The zero-order chi connectivity index (χ0) is 31.8. The lowest BCUT2D eigenvalue weighted by Crippen LogP contribution is -2.49. The van der Waals surface area contributed by atoms with Crippen LogP contribution in [-0.2, 0) is 6.54 Å². The number of rotatable bonds is 9. The van der Waals surface area contributed by atoms with E-state index < -0.39 is 0 Å². The molecule has 3 aromatic rings. The highest BCUT2D eigenvalue weighted by molar-refractivity contribution is 6.33. The molecule has 45 heavy (non-hydrogen) atoms. The van der Waals surface area contributed by atoms with E-state index >= 15 is 0 Å². The summed E-state index contributed by atoms with van der Waals surface area (Å²) < 4.78 is 5.75. The Morgan fingerprint density at radius 2 is 1.78 bits per heavy atom. The molecule has 3 aliphatic rings. The molecule has 0 radical (unpaired) electrons. The Bertz CT molecular complexity index is 1560. The number of aromatic nitrogens is 2. The lowest BCUT2D eigenvalue weighted by molar-refractivity contribution is 0.0817. The number of benzene rings is 2. The van der Waals surface area contributed by atoms with Crippen molar-refractivity contribution in [1.29, 1.82) is 0 Å². The van der Waals surface area contributed by atoms with Crippen molar-refractivity contribution in [1.82, 2.24) is 24.7 Å². The first kappa shape index (κ1) is 31.2. The number of halogens is 1. The second-order valence-corrected chi connectivity index (χ2v) is 13.0.